The first kappa shape index (κ1) is 21.6. The summed E-state index contributed by atoms with van der Waals surface area (Å²) in [6.45, 7) is 6.93. The molecule has 1 fully saturated rings. The Morgan fingerprint density at radius 2 is 2.14 bits per heavy atom. The van der Waals surface area contributed by atoms with Crippen molar-refractivity contribution in [1.82, 2.24) is 15.2 Å². The number of amides is 1. The van der Waals surface area contributed by atoms with Crippen LogP contribution in [0.25, 0.3) is 0 Å². The molecule has 1 amide bonds. The lowest BCUT2D eigenvalue weighted by Gasteiger charge is -2.20. The number of aromatic nitrogens is 1. The summed E-state index contributed by atoms with van der Waals surface area (Å²) in [6.07, 6.45) is 3.35. The fourth-order valence-corrected chi connectivity index (χ4v) is 3.28. The molecule has 1 saturated heterocycles. The number of nitrogens with one attached hydrogen (secondary N) is 1. The number of nitrogens with two attached hydrogens (primary N) is 1. The predicted octanol–water partition coefficient (Wildman–Crippen LogP) is 1.95. The Balaban J connectivity index is 0.00000220. The van der Waals surface area contributed by atoms with Gasteiger partial charge in [0.15, 0.2) is 0 Å². The van der Waals surface area contributed by atoms with E-state index in [1.165, 1.54) is 37.3 Å². The normalized spacial score (nSPS) is 15.7. The topological polar surface area (TPSA) is 71.2 Å². The first-order valence-electron chi connectivity index (χ1n) is 7.34. The third-order valence-corrected chi connectivity index (χ3v) is 4.43. The summed E-state index contributed by atoms with van der Waals surface area (Å²) in [6, 6.07) is 0. The van der Waals surface area contributed by atoms with Crippen molar-refractivity contribution in [3.63, 3.8) is 0 Å². The Morgan fingerprint density at radius 1 is 1.45 bits per heavy atom. The zero-order chi connectivity index (χ0) is 14.4. The Morgan fingerprint density at radius 3 is 2.77 bits per heavy atom. The van der Waals surface area contributed by atoms with Crippen LogP contribution in [0.15, 0.2) is 5.38 Å². The van der Waals surface area contributed by atoms with E-state index in [1.807, 2.05) is 5.38 Å². The van der Waals surface area contributed by atoms with Crippen LogP contribution in [0.2, 0.25) is 0 Å². The summed E-state index contributed by atoms with van der Waals surface area (Å²) in [5.41, 5.74) is 6.00. The summed E-state index contributed by atoms with van der Waals surface area (Å²) in [5, 5.41) is 5.72. The standard InChI is InChI=1S/C14H24N4OS.2ClH/c1-11(9-18-6-2-3-7-18)8-16-14(19)12-10-20-13(17-12)4-5-15;;/h10-11H,2-9,15H2,1H3,(H,16,19);2*1H. The minimum absolute atomic E-state index is 0. The zero-order valence-corrected chi connectivity index (χ0v) is 15.4. The third-order valence-electron chi connectivity index (χ3n) is 3.52. The number of thiazole rings is 1. The van der Waals surface area contributed by atoms with E-state index in [0.717, 1.165) is 18.0 Å². The number of hydrogen-bond acceptors (Lipinski definition) is 5. The molecule has 2 heterocycles. The molecule has 1 aromatic rings. The summed E-state index contributed by atoms with van der Waals surface area (Å²) in [4.78, 5) is 18.8. The number of carbonyl (C=O) groups excluding carboxylic acids is 1. The van der Waals surface area contributed by atoms with Gasteiger partial charge in [-0.3, -0.25) is 4.79 Å². The van der Waals surface area contributed by atoms with Gasteiger partial charge >= 0.3 is 0 Å². The van der Waals surface area contributed by atoms with Crippen LogP contribution in [0.4, 0.5) is 0 Å². The molecule has 0 aliphatic carbocycles. The van der Waals surface area contributed by atoms with Crippen molar-refractivity contribution in [2.45, 2.75) is 26.2 Å². The third kappa shape index (κ3) is 6.79. The molecular formula is C14H26Cl2N4OS. The first-order valence-corrected chi connectivity index (χ1v) is 8.22. The van der Waals surface area contributed by atoms with Gasteiger partial charge < -0.3 is 16.0 Å². The van der Waals surface area contributed by atoms with Crippen molar-refractivity contribution >= 4 is 42.1 Å². The van der Waals surface area contributed by atoms with Gasteiger partial charge in [-0.2, -0.15) is 0 Å². The van der Waals surface area contributed by atoms with E-state index < -0.39 is 0 Å². The van der Waals surface area contributed by atoms with Gasteiger partial charge in [-0.1, -0.05) is 6.92 Å². The van der Waals surface area contributed by atoms with Gasteiger partial charge in [0.2, 0.25) is 0 Å². The fraction of sp³-hybridized carbons (Fsp3) is 0.714. The minimum atomic E-state index is -0.0715. The second-order valence-corrected chi connectivity index (χ2v) is 6.43. The van der Waals surface area contributed by atoms with Crippen molar-refractivity contribution < 1.29 is 4.79 Å². The van der Waals surface area contributed by atoms with Crippen LogP contribution in [0.1, 0.15) is 35.3 Å². The highest BCUT2D eigenvalue weighted by Gasteiger charge is 2.16. The monoisotopic (exact) mass is 368 g/mol. The average molecular weight is 369 g/mol. The van der Waals surface area contributed by atoms with Crippen molar-refractivity contribution in [2.24, 2.45) is 11.7 Å². The molecule has 1 atom stereocenters. The van der Waals surface area contributed by atoms with E-state index in [0.29, 0.717) is 24.7 Å². The molecule has 1 unspecified atom stereocenters. The van der Waals surface area contributed by atoms with E-state index >= 15 is 0 Å². The van der Waals surface area contributed by atoms with Crippen molar-refractivity contribution in [3.05, 3.63) is 16.1 Å². The van der Waals surface area contributed by atoms with Gasteiger partial charge in [0.25, 0.3) is 5.91 Å². The van der Waals surface area contributed by atoms with E-state index in [2.05, 4.69) is 22.1 Å². The van der Waals surface area contributed by atoms with Gasteiger partial charge in [0.1, 0.15) is 5.69 Å². The van der Waals surface area contributed by atoms with Gasteiger partial charge in [0.05, 0.1) is 5.01 Å². The smallest absolute Gasteiger partial charge is 0.270 e. The van der Waals surface area contributed by atoms with Crippen molar-refractivity contribution in [1.29, 1.82) is 0 Å². The summed E-state index contributed by atoms with van der Waals surface area (Å²) in [7, 11) is 0. The minimum Gasteiger partial charge on any atom is -0.350 e. The Labute approximate surface area is 148 Å². The Kier molecular flexibility index (Phi) is 11.0. The SMILES string of the molecule is CC(CNC(=O)c1csc(CCN)n1)CN1CCCC1.Cl.Cl. The molecule has 1 aliphatic rings. The number of rotatable bonds is 7. The van der Waals surface area contributed by atoms with Gasteiger partial charge in [0, 0.05) is 24.9 Å². The number of likely N-dealkylation sites (tertiary alicyclic amines) is 1. The van der Waals surface area contributed by atoms with Crippen LogP contribution in [-0.2, 0) is 6.42 Å². The van der Waals surface area contributed by atoms with Crippen LogP contribution in [0.3, 0.4) is 0 Å². The number of hydrogen-bond donors (Lipinski definition) is 2. The molecule has 0 bridgehead atoms. The summed E-state index contributed by atoms with van der Waals surface area (Å²) >= 11 is 1.50. The maximum Gasteiger partial charge on any atom is 0.270 e. The molecule has 0 radical (unpaired) electrons. The molecule has 5 nitrogen and oxygen atoms in total. The molecule has 2 rings (SSSR count). The fourth-order valence-electron chi connectivity index (χ4n) is 2.48. The lowest BCUT2D eigenvalue weighted by molar-refractivity contribution is 0.0940. The summed E-state index contributed by atoms with van der Waals surface area (Å²) < 4.78 is 0. The van der Waals surface area contributed by atoms with Crippen molar-refractivity contribution in [2.75, 3.05) is 32.7 Å². The molecule has 1 aliphatic heterocycles. The van der Waals surface area contributed by atoms with Gasteiger partial charge in [-0.25, -0.2) is 4.98 Å². The zero-order valence-electron chi connectivity index (χ0n) is 12.9. The predicted molar refractivity (Wildman–Crippen MR) is 96.5 cm³/mol. The van der Waals surface area contributed by atoms with E-state index in [1.54, 1.807) is 0 Å². The van der Waals surface area contributed by atoms with Gasteiger partial charge in [-0.05, 0) is 38.4 Å². The Hall–Kier alpha value is -0.400. The molecule has 128 valence electrons. The molecule has 0 spiro atoms. The number of halogens is 2. The maximum atomic E-state index is 12.0. The first-order chi connectivity index (χ1) is 9.69. The summed E-state index contributed by atoms with van der Waals surface area (Å²) in [5.74, 6) is 0.400. The van der Waals surface area contributed by atoms with E-state index in [4.69, 9.17) is 5.73 Å². The molecular weight excluding hydrogens is 343 g/mol. The van der Waals surface area contributed by atoms with Crippen molar-refractivity contribution in [3.8, 4) is 0 Å². The second kappa shape index (κ2) is 11.2. The number of carbonyl (C=O) groups is 1. The average Bonchev–Trinajstić information content (AvgIpc) is 3.08. The van der Waals surface area contributed by atoms with E-state index in [9.17, 15) is 4.79 Å². The molecule has 22 heavy (non-hydrogen) atoms. The van der Waals surface area contributed by atoms with Gasteiger partial charge in [-0.15, -0.1) is 36.2 Å². The highest BCUT2D eigenvalue weighted by molar-refractivity contribution is 7.09. The largest absolute Gasteiger partial charge is 0.350 e. The Bertz CT molecular complexity index is 438. The second-order valence-electron chi connectivity index (χ2n) is 5.49. The molecule has 0 saturated carbocycles. The maximum absolute atomic E-state index is 12.0. The van der Waals surface area contributed by atoms with Crippen LogP contribution in [0, 0.1) is 5.92 Å². The lowest BCUT2D eigenvalue weighted by atomic mass is 10.1. The molecule has 8 heteroatoms. The van der Waals surface area contributed by atoms with Crippen LogP contribution >= 0.6 is 36.2 Å². The van der Waals surface area contributed by atoms with Crippen LogP contribution in [-0.4, -0.2) is 48.5 Å². The number of nitrogens with zero attached hydrogens (tertiary/aromatic N) is 2. The lowest BCUT2D eigenvalue weighted by Crippen LogP contribution is -2.34. The molecule has 1 aromatic heterocycles. The quantitative estimate of drug-likeness (QED) is 0.771. The van der Waals surface area contributed by atoms with Crippen LogP contribution in [0.5, 0.6) is 0 Å². The highest BCUT2D eigenvalue weighted by atomic mass is 35.5. The van der Waals surface area contributed by atoms with Crippen LogP contribution < -0.4 is 11.1 Å². The highest BCUT2D eigenvalue weighted by Crippen LogP contribution is 2.11. The molecule has 3 N–H and O–H groups in total. The van der Waals surface area contributed by atoms with E-state index in [-0.39, 0.29) is 30.7 Å². The molecule has 0 aromatic carbocycles.